The Morgan fingerprint density at radius 2 is 1.81 bits per heavy atom. The molecule has 0 unspecified atom stereocenters. The van der Waals surface area contributed by atoms with Crippen molar-refractivity contribution in [3.63, 3.8) is 0 Å². The zero-order valence-corrected chi connectivity index (χ0v) is 20.6. The second-order valence-corrected chi connectivity index (χ2v) is 9.83. The average molecular weight is 507 g/mol. The Balaban J connectivity index is 1.06. The Labute approximate surface area is 216 Å². The number of nitrogens with one attached hydrogen (secondary N) is 1. The van der Waals surface area contributed by atoms with Gasteiger partial charge in [0.05, 0.1) is 34.3 Å². The molecule has 0 atom stereocenters. The van der Waals surface area contributed by atoms with Crippen LogP contribution in [0.2, 0.25) is 0 Å². The summed E-state index contributed by atoms with van der Waals surface area (Å²) < 4.78 is 1.76. The van der Waals surface area contributed by atoms with Crippen molar-refractivity contribution in [2.75, 3.05) is 31.1 Å². The number of anilines is 1. The van der Waals surface area contributed by atoms with E-state index in [1.54, 1.807) is 34.4 Å². The number of pyridine rings is 2. The van der Waals surface area contributed by atoms with Gasteiger partial charge in [0.25, 0.3) is 5.91 Å². The molecule has 37 heavy (non-hydrogen) atoms. The maximum atomic E-state index is 13.4. The lowest BCUT2D eigenvalue weighted by atomic mass is 10.1. The van der Waals surface area contributed by atoms with E-state index in [4.69, 9.17) is 4.98 Å². The summed E-state index contributed by atoms with van der Waals surface area (Å²) in [6, 6.07) is 14.1. The third-order valence-electron chi connectivity index (χ3n) is 6.82. The van der Waals surface area contributed by atoms with Crippen LogP contribution in [0.25, 0.3) is 38.5 Å². The summed E-state index contributed by atoms with van der Waals surface area (Å²) in [6.07, 6.45) is 8.97. The molecule has 9 nitrogen and oxygen atoms in total. The summed E-state index contributed by atoms with van der Waals surface area (Å²) in [5, 5.41) is 7.57. The maximum Gasteiger partial charge on any atom is 0.259 e. The number of carbonyl (C=O) groups excluding carboxylic acids is 1. The van der Waals surface area contributed by atoms with E-state index >= 15 is 0 Å². The largest absolute Gasteiger partial charge is 0.367 e. The average Bonchev–Trinajstić information content (AvgIpc) is 3.73. The molecule has 0 radical (unpaired) electrons. The Morgan fingerprint density at radius 1 is 0.919 bits per heavy atom. The van der Waals surface area contributed by atoms with Crippen molar-refractivity contribution in [1.29, 1.82) is 0 Å². The Morgan fingerprint density at radius 3 is 2.62 bits per heavy atom. The highest BCUT2D eigenvalue weighted by Gasteiger charge is 2.26. The van der Waals surface area contributed by atoms with E-state index in [2.05, 4.69) is 31.0 Å². The van der Waals surface area contributed by atoms with E-state index in [1.165, 1.54) is 0 Å². The van der Waals surface area contributed by atoms with Crippen molar-refractivity contribution in [1.82, 2.24) is 34.4 Å². The molecule has 6 aromatic heterocycles. The van der Waals surface area contributed by atoms with Gasteiger partial charge in [-0.2, -0.15) is 5.10 Å². The zero-order chi connectivity index (χ0) is 24.8. The normalized spacial score (nSPS) is 14.1. The molecule has 0 aliphatic carbocycles. The molecular formula is C27H22N8OS. The van der Waals surface area contributed by atoms with Crippen LogP contribution in [0.5, 0.6) is 0 Å². The first kappa shape index (κ1) is 21.7. The van der Waals surface area contributed by atoms with E-state index in [-0.39, 0.29) is 5.91 Å². The van der Waals surface area contributed by atoms with Gasteiger partial charge in [-0.15, -0.1) is 11.3 Å². The standard InChI is InChI=1S/C27H22N8OS/c36-27(21-17-32-35-23(7-10-30-26(21)35)24-2-1-15-37-24)34-13-11-33(12-14-34)18-3-4-22(31-16-18)19-5-8-28-25-20(19)6-9-29-25/h1-10,15-17H,11-14H2,(H,28,29). The number of piperazine rings is 1. The van der Waals surface area contributed by atoms with Crippen LogP contribution in [0.15, 0.2) is 78.8 Å². The third-order valence-corrected chi connectivity index (χ3v) is 7.71. The zero-order valence-electron chi connectivity index (χ0n) is 19.8. The topological polar surface area (TPSA) is 95.3 Å². The number of thiophene rings is 1. The van der Waals surface area contributed by atoms with E-state index in [0.29, 0.717) is 24.3 Å². The molecule has 1 saturated heterocycles. The number of hydrogen-bond acceptors (Lipinski definition) is 7. The Kier molecular flexibility index (Phi) is 5.17. The summed E-state index contributed by atoms with van der Waals surface area (Å²) in [5.41, 5.74) is 5.92. The van der Waals surface area contributed by atoms with Crippen molar-refractivity contribution >= 4 is 39.6 Å². The molecule has 1 N–H and O–H groups in total. The van der Waals surface area contributed by atoms with Gasteiger partial charge in [0.15, 0.2) is 5.65 Å². The number of H-pyrrole nitrogens is 1. The summed E-state index contributed by atoms with van der Waals surface area (Å²) >= 11 is 1.64. The molecule has 10 heteroatoms. The van der Waals surface area contributed by atoms with Crippen LogP contribution in [-0.2, 0) is 0 Å². The summed E-state index contributed by atoms with van der Waals surface area (Å²) in [4.78, 5) is 35.3. The van der Waals surface area contributed by atoms with Crippen LogP contribution in [0.3, 0.4) is 0 Å². The summed E-state index contributed by atoms with van der Waals surface area (Å²) in [6.45, 7) is 2.71. The number of hydrogen-bond donors (Lipinski definition) is 1. The molecular weight excluding hydrogens is 484 g/mol. The van der Waals surface area contributed by atoms with Crippen LogP contribution in [0.1, 0.15) is 10.4 Å². The first-order valence-electron chi connectivity index (χ1n) is 12.1. The highest BCUT2D eigenvalue weighted by atomic mass is 32.1. The molecule has 7 heterocycles. The second-order valence-electron chi connectivity index (χ2n) is 8.88. The molecule has 1 aliphatic heterocycles. The Bertz CT molecular complexity index is 1710. The van der Waals surface area contributed by atoms with Gasteiger partial charge in [-0.1, -0.05) is 6.07 Å². The molecule has 0 bridgehead atoms. The lowest BCUT2D eigenvalue weighted by Gasteiger charge is -2.35. The molecule has 1 fully saturated rings. The fourth-order valence-electron chi connectivity index (χ4n) is 4.91. The SMILES string of the molecule is O=C(c1cnn2c(-c3cccs3)ccnc12)N1CCN(c2ccc(-c3ccnc4[nH]ccc34)nc2)CC1. The molecule has 1 amide bonds. The highest BCUT2D eigenvalue weighted by Crippen LogP contribution is 2.28. The van der Waals surface area contributed by atoms with Crippen LogP contribution in [-0.4, -0.2) is 66.5 Å². The third kappa shape index (κ3) is 3.73. The fourth-order valence-corrected chi connectivity index (χ4v) is 5.64. The Hall–Kier alpha value is -4.57. The van der Waals surface area contributed by atoms with E-state index in [9.17, 15) is 4.79 Å². The number of fused-ring (bicyclic) bond motifs is 2. The number of amides is 1. The molecule has 7 rings (SSSR count). The highest BCUT2D eigenvalue weighted by molar-refractivity contribution is 7.13. The molecule has 1 aliphatic rings. The minimum Gasteiger partial charge on any atom is -0.367 e. The van der Waals surface area contributed by atoms with Crippen LogP contribution >= 0.6 is 11.3 Å². The first-order chi connectivity index (χ1) is 18.3. The van der Waals surface area contributed by atoms with Crippen molar-refractivity contribution in [2.24, 2.45) is 0 Å². The predicted molar refractivity (Wildman–Crippen MR) is 144 cm³/mol. The number of rotatable bonds is 4. The maximum absolute atomic E-state index is 13.4. The number of nitrogens with zero attached hydrogens (tertiary/aromatic N) is 7. The lowest BCUT2D eigenvalue weighted by molar-refractivity contribution is 0.0748. The van der Waals surface area contributed by atoms with Gasteiger partial charge in [-0.25, -0.2) is 14.5 Å². The van der Waals surface area contributed by atoms with Crippen LogP contribution in [0, 0.1) is 0 Å². The summed E-state index contributed by atoms with van der Waals surface area (Å²) in [7, 11) is 0. The smallest absolute Gasteiger partial charge is 0.259 e. The molecule has 182 valence electrons. The second kappa shape index (κ2) is 8.82. The minimum absolute atomic E-state index is 0.0350. The minimum atomic E-state index is -0.0350. The van der Waals surface area contributed by atoms with Gasteiger partial charge in [0.1, 0.15) is 11.2 Å². The van der Waals surface area contributed by atoms with Gasteiger partial charge in [0, 0.05) is 55.7 Å². The molecule has 0 aromatic carbocycles. The number of aromatic amines is 1. The monoisotopic (exact) mass is 506 g/mol. The molecule has 0 saturated carbocycles. The van der Waals surface area contributed by atoms with E-state index in [0.717, 1.165) is 51.6 Å². The fraction of sp³-hybridized carbons (Fsp3) is 0.148. The lowest BCUT2D eigenvalue weighted by Crippen LogP contribution is -2.48. The quantitative estimate of drug-likeness (QED) is 0.382. The van der Waals surface area contributed by atoms with Gasteiger partial charge in [-0.3, -0.25) is 9.78 Å². The van der Waals surface area contributed by atoms with E-state index in [1.807, 2.05) is 59.1 Å². The first-order valence-corrected chi connectivity index (χ1v) is 12.9. The van der Waals surface area contributed by atoms with Crippen molar-refractivity contribution in [3.05, 3.63) is 84.4 Å². The van der Waals surface area contributed by atoms with Crippen LogP contribution < -0.4 is 4.90 Å². The van der Waals surface area contributed by atoms with E-state index < -0.39 is 0 Å². The number of carbonyl (C=O) groups is 1. The van der Waals surface area contributed by atoms with Crippen molar-refractivity contribution in [3.8, 4) is 21.8 Å². The van der Waals surface area contributed by atoms with Crippen LogP contribution in [0.4, 0.5) is 5.69 Å². The predicted octanol–water partition coefficient (Wildman–Crippen LogP) is 4.36. The van der Waals surface area contributed by atoms with Gasteiger partial charge < -0.3 is 14.8 Å². The van der Waals surface area contributed by atoms with Gasteiger partial charge >= 0.3 is 0 Å². The van der Waals surface area contributed by atoms with Crippen molar-refractivity contribution < 1.29 is 4.79 Å². The number of aromatic nitrogens is 6. The molecule has 0 spiro atoms. The van der Waals surface area contributed by atoms with Gasteiger partial charge in [-0.05, 0) is 41.8 Å². The van der Waals surface area contributed by atoms with Crippen molar-refractivity contribution in [2.45, 2.75) is 0 Å². The van der Waals surface area contributed by atoms with Gasteiger partial charge in [0.2, 0.25) is 0 Å². The molecule has 6 aromatic rings. The summed E-state index contributed by atoms with van der Waals surface area (Å²) in [5.74, 6) is -0.0350.